The second kappa shape index (κ2) is 7.97. The quantitative estimate of drug-likeness (QED) is 0.844. The van der Waals surface area contributed by atoms with Crippen molar-refractivity contribution >= 4 is 22.5 Å². The fraction of sp³-hybridized carbons (Fsp3) is 0.421. The Morgan fingerprint density at radius 3 is 2.35 bits per heavy atom. The number of hydrogen-bond acceptors (Lipinski definition) is 2. The molecule has 2 amide bonds. The van der Waals surface area contributed by atoms with Gasteiger partial charge in [0.05, 0.1) is 5.69 Å². The van der Waals surface area contributed by atoms with E-state index in [1.807, 2.05) is 42.5 Å². The molecule has 0 aromatic heterocycles. The number of carbonyl (C=O) groups excluding carboxylic acids is 1. The molecule has 0 aliphatic carbocycles. The van der Waals surface area contributed by atoms with Gasteiger partial charge in [-0.25, -0.2) is 4.79 Å². The summed E-state index contributed by atoms with van der Waals surface area (Å²) in [7, 11) is 0. The molecule has 0 bridgehead atoms. The zero-order valence-corrected chi connectivity index (χ0v) is 14.5. The number of amides is 2. The van der Waals surface area contributed by atoms with Gasteiger partial charge in [-0.3, -0.25) is 4.90 Å². The van der Waals surface area contributed by atoms with E-state index in [2.05, 4.69) is 43.2 Å². The van der Waals surface area contributed by atoms with Crippen molar-refractivity contribution in [2.24, 2.45) is 0 Å². The summed E-state index contributed by atoms with van der Waals surface area (Å²) >= 11 is 0. The number of nitrogens with zero attached hydrogens (tertiary/aromatic N) is 1. The minimum Gasteiger partial charge on any atom is -0.337 e. The van der Waals surface area contributed by atoms with Crippen LogP contribution in [0.2, 0.25) is 0 Å². The highest BCUT2D eigenvalue weighted by molar-refractivity contribution is 6.01. The first-order valence-corrected chi connectivity index (χ1v) is 8.27. The average molecular weight is 313 g/mol. The smallest absolute Gasteiger partial charge is 0.319 e. The molecule has 2 aromatic rings. The standard InChI is InChI=1S/C19H27N3O/c1-14(2)22(15(3)4)13-12-20-19(23)21-18-11-7-9-16-8-5-6-10-17(16)18/h5-11,14-15H,12-13H2,1-4H3,(H2,20,21,23). The second-order valence-corrected chi connectivity index (χ2v) is 6.33. The van der Waals surface area contributed by atoms with E-state index in [4.69, 9.17) is 0 Å². The molecule has 0 saturated heterocycles. The van der Waals surface area contributed by atoms with Crippen LogP contribution in [0.1, 0.15) is 27.7 Å². The van der Waals surface area contributed by atoms with Crippen molar-refractivity contribution in [1.82, 2.24) is 10.2 Å². The van der Waals surface area contributed by atoms with Gasteiger partial charge in [0, 0.05) is 30.6 Å². The molecular formula is C19H27N3O. The molecule has 0 radical (unpaired) electrons. The Morgan fingerprint density at radius 2 is 1.65 bits per heavy atom. The molecule has 23 heavy (non-hydrogen) atoms. The minimum atomic E-state index is -0.159. The fourth-order valence-electron chi connectivity index (χ4n) is 2.91. The molecule has 0 heterocycles. The van der Waals surface area contributed by atoms with E-state index in [0.29, 0.717) is 18.6 Å². The molecule has 124 valence electrons. The van der Waals surface area contributed by atoms with Gasteiger partial charge in [0.25, 0.3) is 0 Å². The van der Waals surface area contributed by atoms with Crippen LogP contribution >= 0.6 is 0 Å². The maximum atomic E-state index is 12.1. The first-order chi connectivity index (χ1) is 11.0. The van der Waals surface area contributed by atoms with Crippen LogP contribution in [0.25, 0.3) is 10.8 Å². The lowest BCUT2D eigenvalue weighted by Gasteiger charge is -2.30. The summed E-state index contributed by atoms with van der Waals surface area (Å²) in [5, 5.41) is 8.07. The molecule has 2 N–H and O–H groups in total. The van der Waals surface area contributed by atoms with Crippen molar-refractivity contribution in [3.8, 4) is 0 Å². The summed E-state index contributed by atoms with van der Waals surface area (Å²) in [5.74, 6) is 0. The first-order valence-electron chi connectivity index (χ1n) is 8.27. The number of benzene rings is 2. The number of carbonyl (C=O) groups is 1. The lowest BCUT2D eigenvalue weighted by molar-refractivity contribution is 0.176. The third kappa shape index (κ3) is 4.70. The van der Waals surface area contributed by atoms with Gasteiger partial charge in [0.2, 0.25) is 0 Å². The van der Waals surface area contributed by atoms with Crippen LogP contribution in [-0.4, -0.2) is 36.1 Å². The summed E-state index contributed by atoms with van der Waals surface area (Å²) in [6.07, 6.45) is 0. The predicted molar refractivity (Wildman–Crippen MR) is 97.9 cm³/mol. The monoisotopic (exact) mass is 313 g/mol. The number of anilines is 1. The van der Waals surface area contributed by atoms with Crippen LogP contribution in [0, 0.1) is 0 Å². The van der Waals surface area contributed by atoms with Gasteiger partial charge < -0.3 is 10.6 Å². The Hall–Kier alpha value is -2.07. The molecule has 0 atom stereocenters. The van der Waals surface area contributed by atoms with E-state index < -0.39 is 0 Å². The topological polar surface area (TPSA) is 44.4 Å². The molecule has 0 unspecified atom stereocenters. The largest absolute Gasteiger partial charge is 0.337 e. The molecule has 0 fully saturated rings. The molecule has 2 aromatic carbocycles. The molecule has 2 rings (SSSR count). The molecule has 0 spiro atoms. The first kappa shape index (κ1) is 17.3. The number of rotatable bonds is 6. The van der Waals surface area contributed by atoms with Gasteiger partial charge >= 0.3 is 6.03 Å². The number of fused-ring (bicyclic) bond motifs is 1. The van der Waals surface area contributed by atoms with Gasteiger partial charge in [0.1, 0.15) is 0 Å². The van der Waals surface area contributed by atoms with Crippen LogP contribution in [0.3, 0.4) is 0 Å². The van der Waals surface area contributed by atoms with Crippen LogP contribution in [-0.2, 0) is 0 Å². The zero-order chi connectivity index (χ0) is 16.8. The van der Waals surface area contributed by atoms with E-state index in [0.717, 1.165) is 23.0 Å². The van der Waals surface area contributed by atoms with E-state index in [1.165, 1.54) is 0 Å². The van der Waals surface area contributed by atoms with Crippen molar-refractivity contribution in [3.05, 3.63) is 42.5 Å². The fourth-order valence-corrected chi connectivity index (χ4v) is 2.91. The Bertz CT molecular complexity index is 639. The molecular weight excluding hydrogens is 286 g/mol. The molecule has 4 nitrogen and oxygen atoms in total. The molecule has 4 heteroatoms. The third-order valence-electron chi connectivity index (χ3n) is 4.02. The lowest BCUT2D eigenvalue weighted by Crippen LogP contribution is -2.43. The van der Waals surface area contributed by atoms with Crippen LogP contribution < -0.4 is 10.6 Å². The van der Waals surface area contributed by atoms with E-state index in [9.17, 15) is 4.79 Å². The highest BCUT2D eigenvalue weighted by Gasteiger charge is 2.13. The van der Waals surface area contributed by atoms with Crippen LogP contribution in [0.5, 0.6) is 0 Å². The van der Waals surface area contributed by atoms with Crippen LogP contribution in [0.15, 0.2) is 42.5 Å². The Balaban J connectivity index is 1.92. The molecule has 0 saturated carbocycles. The Morgan fingerprint density at radius 1 is 1.00 bits per heavy atom. The third-order valence-corrected chi connectivity index (χ3v) is 4.02. The Kier molecular flexibility index (Phi) is 5.99. The van der Waals surface area contributed by atoms with Crippen molar-refractivity contribution in [2.45, 2.75) is 39.8 Å². The number of urea groups is 1. The normalized spacial score (nSPS) is 11.4. The van der Waals surface area contributed by atoms with Crippen LogP contribution in [0.4, 0.5) is 10.5 Å². The molecule has 0 aliphatic rings. The van der Waals surface area contributed by atoms with Crippen molar-refractivity contribution in [2.75, 3.05) is 18.4 Å². The maximum absolute atomic E-state index is 12.1. The van der Waals surface area contributed by atoms with Gasteiger partial charge in [-0.05, 0) is 39.1 Å². The second-order valence-electron chi connectivity index (χ2n) is 6.33. The summed E-state index contributed by atoms with van der Waals surface area (Å²) < 4.78 is 0. The highest BCUT2D eigenvalue weighted by Crippen LogP contribution is 2.22. The van der Waals surface area contributed by atoms with E-state index in [1.54, 1.807) is 0 Å². The highest BCUT2D eigenvalue weighted by atomic mass is 16.2. The van der Waals surface area contributed by atoms with Gasteiger partial charge in [-0.15, -0.1) is 0 Å². The van der Waals surface area contributed by atoms with Crippen molar-refractivity contribution < 1.29 is 4.79 Å². The van der Waals surface area contributed by atoms with Crippen molar-refractivity contribution in [1.29, 1.82) is 0 Å². The lowest BCUT2D eigenvalue weighted by atomic mass is 10.1. The Labute approximate surface area is 138 Å². The van der Waals surface area contributed by atoms with Gasteiger partial charge in [0.15, 0.2) is 0 Å². The summed E-state index contributed by atoms with van der Waals surface area (Å²) in [6, 6.07) is 14.7. The summed E-state index contributed by atoms with van der Waals surface area (Å²) in [5.41, 5.74) is 0.838. The maximum Gasteiger partial charge on any atom is 0.319 e. The van der Waals surface area contributed by atoms with Gasteiger partial charge in [-0.1, -0.05) is 36.4 Å². The zero-order valence-electron chi connectivity index (χ0n) is 14.5. The summed E-state index contributed by atoms with van der Waals surface area (Å²) in [6.45, 7) is 10.2. The van der Waals surface area contributed by atoms with Gasteiger partial charge in [-0.2, -0.15) is 0 Å². The number of hydrogen-bond donors (Lipinski definition) is 2. The van der Waals surface area contributed by atoms with E-state index in [-0.39, 0.29) is 6.03 Å². The number of nitrogens with one attached hydrogen (secondary N) is 2. The SMILES string of the molecule is CC(C)N(CCNC(=O)Nc1cccc2ccccc12)C(C)C. The minimum absolute atomic E-state index is 0.159. The summed E-state index contributed by atoms with van der Waals surface area (Å²) in [4.78, 5) is 14.5. The van der Waals surface area contributed by atoms with Crippen molar-refractivity contribution in [3.63, 3.8) is 0 Å². The molecule has 0 aliphatic heterocycles. The predicted octanol–water partition coefficient (Wildman–Crippen LogP) is 4.08. The average Bonchev–Trinajstić information content (AvgIpc) is 2.51. The van der Waals surface area contributed by atoms with E-state index >= 15 is 0 Å².